The number of benzene rings is 1. The summed E-state index contributed by atoms with van der Waals surface area (Å²) in [5.41, 5.74) is 6.99. The van der Waals surface area contributed by atoms with E-state index in [0.717, 1.165) is 19.0 Å². The summed E-state index contributed by atoms with van der Waals surface area (Å²) in [7, 11) is 1.57. The molecule has 0 spiro atoms. The summed E-state index contributed by atoms with van der Waals surface area (Å²) in [5.74, 6) is 1.32. The van der Waals surface area contributed by atoms with Gasteiger partial charge in [0.2, 0.25) is 5.91 Å². The smallest absolute Gasteiger partial charge is 0.225 e. The Morgan fingerprint density at radius 1 is 1.48 bits per heavy atom. The van der Waals surface area contributed by atoms with Gasteiger partial charge in [-0.05, 0) is 31.4 Å². The van der Waals surface area contributed by atoms with Gasteiger partial charge in [-0.2, -0.15) is 0 Å². The van der Waals surface area contributed by atoms with Gasteiger partial charge in [0.25, 0.3) is 0 Å². The molecule has 3 N–H and O–H groups in total. The van der Waals surface area contributed by atoms with Crippen LogP contribution in [0.25, 0.3) is 0 Å². The van der Waals surface area contributed by atoms with E-state index in [1.807, 2.05) is 0 Å². The number of ether oxygens (including phenoxy) is 1. The van der Waals surface area contributed by atoms with Crippen LogP contribution >= 0.6 is 0 Å². The topological polar surface area (TPSA) is 67.6 Å². The number of carbonyl (C=O) groups excluding carboxylic acids is 1. The van der Waals surface area contributed by atoms with Gasteiger partial charge < -0.3 is 15.8 Å². The van der Waals surface area contributed by atoms with Crippen molar-refractivity contribution in [2.24, 2.45) is 5.92 Å². The molecule has 21 heavy (non-hydrogen) atoms. The molecule has 1 heterocycles. The van der Waals surface area contributed by atoms with Crippen molar-refractivity contribution >= 4 is 17.3 Å². The van der Waals surface area contributed by atoms with E-state index in [1.165, 1.54) is 6.42 Å². The number of amides is 1. The molecule has 5 nitrogen and oxygen atoms in total. The van der Waals surface area contributed by atoms with Crippen molar-refractivity contribution in [3.63, 3.8) is 0 Å². The highest BCUT2D eigenvalue weighted by Crippen LogP contribution is 2.27. The Kier molecular flexibility index (Phi) is 5.07. The van der Waals surface area contributed by atoms with Crippen LogP contribution in [0.1, 0.15) is 26.7 Å². The van der Waals surface area contributed by atoms with Crippen LogP contribution in [0.3, 0.4) is 0 Å². The minimum absolute atomic E-state index is 0.00447. The van der Waals surface area contributed by atoms with Crippen LogP contribution in [0.5, 0.6) is 5.75 Å². The second-order valence-corrected chi connectivity index (χ2v) is 5.94. The molecule has 0 radical (unpaired) electrons. The van der Waals surface area contributed by atoms with Gasteiger partial charge in [0.15, 0.2) is 0 Å². The van der Waals surface area contributed by atoms with Crippen LogP contribution in [0.4, 0.5) is 11.4 Å². The Balaban J connectivity index is 1.87. The SMILES string of the molecule is COc1cc(N)ccc1NC(=O)CCN1CC(C)CC1C. The molecule has 2 atom stereocenters. The monoisotopic (exact) mass is 291 g/mol. The van der Waals surface area contributed by atoms with E-state index >= 15 is 0 Å². The van der Waals surface area contributed by atoms with Crippen LogP contribution in [-0.2, 0) is 4.79 Å². The van der Waals surface area contributed by atoms with Crippen molar-refractivity contribution in [2.45, 2.75) is 32.7 Å². The number of carbonyl (C=O) groups is 1. The van der Waals surface area contributed by atoms with Crippen molar-refractivity contribution in [3.8, 4) is 5.75 Å². The van der Waals surface area contributed by atoms with E-state index in [4.69, 9.17) is 10.5 Å². The maximum atomic E-state index is 12.1. The van der Waals surface area contributed by atoms with Gasteiger partial charge >= 0.3 is 0 Å². The molecule has 2 unspecified atom stereocenters. The number of nitrogens with one attached hydrogen (secondary N) is 1. The molecule has 1 fully saturated rings. The minimum atomic E-state index is 0.00447. The summed E-state index contributed by atoms with van der Waals surface area (Å²) < 4.78 is 5.23. The minimum Gasteiger partial charge on any atom is -0.494 e. The number of rotatable bonds is 5. The van der Waals surface area contributed by atoms with Crippen molar-refractivity contribution in [3.05, 3.63) is 18.2 Å². The molecule has 1 aliphatic heterocycles. The average molecular weight is 291 g/mol. The molecule has 116 valence electrons. The number of hydrogen-bond donors (Lipinski definition) is 2. The molecule has 1 saturated heterocycles. The van der Waals surface area contributed by atoms with Crippen LogP contribution in [0.2, 0.25) is 0 Å². The predicted octanol–water partition coefficient (Wildman–Crippen LogP) is 2.34. The third-order valence-electron chi connectivity index (χ3n) is 4.04. The third-order valence-corrected chi connectivity index (χ3v) is 4.04. The van der Waals surface area contributed by atoms with E-state index in [-0.39, 0.29) is 5.91 Å². The van der Waals surface area contributed by atoms with Crippen LogP contribution in [-0.4, -0.2) is 37.0 Å². The quantitative estimate of drug-likeness (QED) is 0.817. The second kappa shape index (κ2) is 6.80. The third kappa shape index (κ3) is 4.11. The van der Waals surface area contributed by atoms with Gasteiger partial charge in [-0.1, -0.05) is 6.92 Å². The van der Waals surface area contributed by atoms with Crippen LogP contribution in [0, 0.1) is 5.92 Å². The molecule has 1 aliphatic rings. The summed E-state index contributed by atoms with van der Waals surface area (Å²) in [6.07, 6.45) is 1.71. The zero-order valence-corrected chi connectivity index (χ0v) is 13.1. The number of nitrogen functional groups attached to an aromatic ring is 1. The molecule has 0 bridgehead atoms. The Morgan fingerprint density at radius 3 is 2.86 bits per heavy atom. The lowest BCUT2D eigenvalue weighted by molar-refractivity contribution is -0.116. The fourth-order valence-electron chi connectivity index (χ4n) is 2.97. The summed E-state index contributed by atoms with van der Waals surface area (Å²) in [6.45, 7) is 6.37. The molecule has 0 saturated carbocycles. The lowest BCUT2D eigenvalue weighted by Crippen LogP contribution is -2.30. The average Bonchev–Trinajstić information content (AvgIpc) is 2.76. The summed E-state index contributed by atoms with van der Waals surface area (Å²) in [4.78, 5) is 14.5. The van der Waals surface area contributed by atoms with Crippen LogP contribution < -0.4 is 15.8 Å². The Morgan fingerprint density at radius 2 is 2.24 bits per heavy atom. The zero-order chi connectivity index (χ0) is 15.4. The molecule has 1 amide bonds. The van der Waals surface area contributed by atoms with Gasteiger partial charge in [-0.15, -0.1) is 0 Å². The van der Waals surface area contributed by atoms with Gasteiger partial charge in [0.05, 0.1) is 12.8 Å². The summed E-state index contributed by atoms with van der Waals surface area (Å²) >= 11 is 0. The van der Waals surface area contributed by atoms with E-state index in [2.05, 4.69) is 24.1 Å². The first-order chi connectivity index (χ1) is 9.99. The number of nitrogens with zero attached hydrogens (tertiary/aromatic N) is 1. The summed E-state index contributed by atoms with van der Waals surface area (Å²) in [5, 5.41) is 2.89. The van der Waals surface area contributed by atoms with E-state index < -0.39 is 0 Å². The van der Waals surface area contributed by atoms with Crippen molar-refractivity contribution < 1.29 is 9.53 Å². The number of hydrogen-bond acceptors (Lipinski definition) is 4. The molecular weight excluding hydrogens is 266 g/mol. The maximum Gasteiger partial charge on any atom is 0.225 e. The number of nitrogens with two attached hydrogens (primary N) is 1. The highest BCUT2D eigenvalue weighted by Gasteiger charge is 2.25. The van der Waals surface area contributed by atoms with Crippen molar-refractivity contribution in [1.82, 2.24) is 4.90 Å². The van der Waals surface area contributed by atoms with Crippen molar-refractivity contribution in [2.75, 3.05) is 31.2 Å². The predicted molar refractivity (Wildman–Crippen MR) is 85.5 cm³/mol. The zero-order valence-electron chi connectivity index (χ0n) is 13.1. The van der Waals surface area contributed by atoms with E-state index in [0.29, 0.717) is 29.6 Å². The van der Waals surface area contributed by atoms with E-state index in [1.54, 1.807) is 25.3 Å². The van der Waals surface area contributed by atoms with E-state index in [9.17, 15) is 4.79 Å². The first-order valence-corrected chi connectivity index (χ1v) is 7.47. The van der Waals surface area contributed by atoms with Gasteiger partial charge in [-0.25, -0.2) is 0 Å². The molecule has 0 aromatic heterocycles. The fourth-order valence-corrected chi connectivity index (χ4v) is 2.97. The number of methoxy groups -OCH3 is 1. The Bertz CT molecular complexity index is 504. The molecule has 1 aromatic carbocycles. The van der Waals surface area contributed by atoms with Crippen molar-refractivity contribution in [1.29, 1.82) is 0 Å². The van der Waals surface area contributed by atoms with Gasteiger partial charge in [-0.3, -0.25) is 9.69 Å². The highest BCUT2D eigenvalue weighted by molar-refractivity contribution is 5.92. The number of anilines is 2. The standard InChI is InChI=1S/C16H25N3O2/c1-11-8-12(2)19(10-11)7-6-16(20)18-14-5-4-13(17)9-15(14)21-3/h4-5,9,11-12H,6-8,10,17H2,1-3H3,(H,18,20). The number of likely N-dealkylation sites (tertiary alicyclic amines) is 1. The molecular formula is C16H25N3O2. The summed E-state index contributed by atoms with van der Waals surface area (Å²) in [6, 6.07) is 5.80. The largest absolute Gasteiger partial charge is 0.494 e. The fraction of sp³-hybridized carbons (Fsp3) is 0.562. The first-order valence-electron chi connectivity index (χ1n) is 7.47. The second-order valence-electron chi connectivity index (χ2n) is 5.94. The Labute approximate surface area is 126 Å². The molecule has 1 aromatic rings. The lowest BCUT2D eigenvalue weighted by Gasteiger charge is -2.20. The Hall–Kier alpha value is -1.75. The van der Waals surface area contributed by atoms with Gasteiger partial charge in [0, 0.05) is 37.3 Å². The lowest BCUT2D eigenvalue weighted by atomic mass is 10.1. The first kappa shape index (κ1) is 15.6. The highest BCUT2D eigenvalue weighted by atomic mass is 16.5. The molecule has 2 rings (SSSR count). The van der Waals surface area contributed by atoms with Crippen LogP contribution in [0.15, 0.2) is 18.2 Å². The molecule has 5 heteroatoms. The maximum absolute atomic E-state index is 12.1. The van der Waals surface area contributed by atoms with Gasteiger partial charge in [0.1, 0.15) is 5.75 Å². The molecule has 0 aliphatic carbocycles. The normalized spacial score (nSPS) is 22.2.